The van der Waals surface area contributed by atoms with Crippen LogP contribution in [0.15, 0.2) is 24.3 Å². The smallest absolute Gasteiger partial charge is 0.318 e. The molecule has 0 aromatic heterocycles. The van der Waals surface area contributed by atoms with E-state index in [9.17, 15) is 13.2 Å². The highest BCUT2D eigenvalue weighted by Gasteiger charge is 2.29. The highest BCUT2D eigenvalue weighted by atomic mass is 19.4. The summed E-state index contributed by atoms with van der Waals surface area (Å²) in [5, 5.41) is 3.05. The molecule has 0 atom stereocenters. The molecule has 0 radical (unpaired) electrons. The monoisotopic (exact) mass is 260 g/mol. The fraction of sp³-hybridized carbons (Fsp3) is 0.538. The van der Waals surface area contributed by atoms with Crippen LogP contribution in [-0.4, -0.2) is 38.6 Å². The zero-order chi connectivity index (χ0) is 13.6. The molecule has 18 heavy (non-hydrogen) atoms. The van der Waals surface area contributed by atoms with E-state index in [1.807, 2.05) is 14.1 Å². The van der Waals surface area contributed by atoms with Gasteiger partial charge in [-0.2, -0.15) is 13.2 Å². The zero-order valence-electron chi connectivity index (χ0n) is 10.7. The first-order chi connectivity index (χ1) is 8.43. The van der Waals surface area contributed by atoms with Crippen LogP contribution in [0.1, 0.15) is 11.1 Å². The van der Waals surface area contributed by atoms with Crippen molar-refractivity contribution in [3.05, 3.63) is 35.4 Å². The van der Waals surface area contributed by atoms with Gasteiger partial charge in [-0.25, -0.2) is 0 Å². The van der Waals surface area contributed by atoms with Gasteiger partial charge in [-0.3, -0.25) is 0 Å². The number of rotatable bonds is 6. The second-order valence-electron chi connectivity index (χ2n) is 4.35. The fourth-order valence-corrected chi connectivity index (χ4v) is 1.59. The summed E-state index contributed by atoms with van der Waals surface area (Å²) in [5.74, 6) is 0. The summed E-state index contributed by atoms with van der Waals surface area (Å²) < 4.78 is 37.1. The molecule has 0 fully saturated rings. The van der Waals surface area contributed by atoms with Crippen LogP contribution in [0, 0.1) is 0 Å². The first-order valence-electron chi connectivity index (χ1n) is 5.93. The minimum atomic E-state index is -4.25. The predicted octanol–water partition coefficient (Wildman–Crippen LogP) is 2.40. The lowest BCUT2D eigenvalue weighted by molar-refractivity contribution is -0.137. The average Bonchev–Trinajstić information content (AvgIpc) is 2.33. The van der Waals surface area contributed by atoms with Crippen LogP contribution in [-0.2, 0) is 12.6 Å². The summed E-state index contributed by atoms with van der Waals surface area (Å²) in [6.07, 6.45) is -3.49. The SMILES string of the molecule is CNCCN(C)CCc1ccc(C(F)(F)F)cc1. The van der Waals surface area contributed by atoms with Crippen LogP contribution in [0.4, 0.5) is 13.2 Å². The van der Waals surface area contributed by atoms with Crippen molar-refractivity contribution in [3.8, 4) is 0 Å². The van der Waals surface area contributed by atoms with Gasteiger partial charge in [0.1, 0.15) is 0 Å². The summed E-state index contributed by atoms with van der Waals surface area (Å²) in [4.78, 5) is 2.15. The van der Waals surface area contributed by atoms with Gasteiger partial charge < -0.3 is 10.2 Å². The van der Waals surface area contributed by atoms with Gasteiger partial charge in [0.2, 0.25) is 0 Å². The zero-order valence-corrected chi connectivity index (χ0v) is 10.7. The third kappa shape index (κ3) is 5.06. The fourth-order valence-electron chi connectivity index (χ4n) is 1.59. The largest absolute Gasteiger partial charge is 0.416 e. The first kappa shape index (κ1) is 15.0. The van der Waals surface area contributed by atoms with Crippen molar-refractivity contribution in [2.75, 3.05) is 33.7 Å². The van der Waals surface area contributed by atoms with E-state index in [2.05, 4.69) is 10.2 Å². The Morgan fingerprint density at radius 3 is 2.22 bits per heavy atom. The molecule has 0 saturated heterocycles. The van der Waals surface area contributed by atoms with E-state index in [1.165, 1.54) is 0 Å². The van der Waals surface area contributed by atoms with Crippen LogP contribution in [0.5, 0.6) is 0 Å². The number of likely N-dealkylation sites (N-methyl/N-ethyl adjacent to an activating group) is 2. The number of halogens is 3. The third-order valence-electron chi connectivity index (χ3n) is 2.81. The Morgan fingerprint density at radius 1 is 1.11 bits per heavy atom. The molecule has 0 heterocycles. The Bertz CT molecular complexity index is 346. The molecule has 1 rings (SSSR count). The van der Waals surface area contributed by atoms with Gasteiger partial charge in [0.05, 0.1) is 5.56 Å². The molecule has 0 unspecified atom stereocenters. The lowest BCUT2D eigenvalue weighted by Gasteiger charge is -2.16. The highest BCUT2D eigenvalue weighted by molar-refractivity contribution is 5.24. The topological polar surface area (TPSA) is 15.3 Å². The number of nitrogens with zero attached hydrogens (tertiary/aromatic N) is 1. The molecule has 102 valence electrons. The summed E-state index contributed by atoms with van der Waals surface area (Å²) in [5.41, 5.74) is 0.342. The van der Waals surface area contributed by atoms with Crippen LogP contribution >= 0.6 is 0 Å². The third-order valence-corrected chi connectivity index (χ3v) is 2.81. The lowest BCUT2D eigenvalue weighted by atomic mass is 10.1. The minimum Gasteiger partial charge on any atom is -0.318 e. The number of hydrogen-bond donors (Lipinski definition) is 1. The lowest BCUT2D eigenvalue weighted by Crippen LogP contribution is -2.29. The van der Waals surface area contributed by atoms with Crippen LogP contribution in [0.3, 0.4) is 0 Å². The summed E-state index contributed by atoms with van der Waals surface area (Å²) >= 11 is 0. The molecule has 0 spiro atoms. The molecule has 5 heteroatoms. The Morgan fingerprint density at radius 2 is 1.72 bits per heavy atom. The summed E-state index contributed by atoms with van der Waals surface area (Å²) in [6.45, 7) is 2.67. The van der Waals surface area contributed by atoms with Crippen LogP contribution < -0.4 is 5.32 Å². The van der Waals surface area contributed by atoms with Gasteiger partial charge in [0.25, 0.3) is 0 Å². The highest BCUT2D eigenvalue weighted by Crippen LogP contribution is 2.29. The quantitative estimate of drug-likeness (QED) is 0.845. The van der Waals surface area contributed by atoms with Crippen molar-refractivity contribution in [2.45, 2.75) is 12.6 Å². The maximum atomic E-state index is 12.4. The molecule has 0 aliphatic rings. The van der Waals surface area contributed by atoms with E-state index >= 15 is 0 Å². The van der Waals surface area contributed by atoms with Crippen molar-refractivity contribution in [1.29, 1.82) is 0 Å². The van der Waals surface area contributed by atoms with Crippen molar-refractivity contribution in [3.63, 3.8) is 0 Å². The van der Waals surface area contributed by atoms with Crippen molar-refractivity contribution in [2.24, 2.45) is 0 Å². The molecule has 0 bridgehead atoms. The maximum absolute atomic E-state index is 12.4. The van der Waals surface area contributed by atoms with E-state index in [4.69, 9.17) is 0 Å². The van der Waals surface area contributed by atoms with Crippen molar-refractivity contribution in [1.82, 2.24) is 10.2 Å². The van der Waals surface area contributed by atoms with Gasteiger partial charge in [-0.1, -0.05) is 12.1 Å². The van der Waals surface area contributed by atoms with Gasteiger partial charge in [0, 0.05) is 19.6 Å². The number of nitrogens with one attached hydrogen (secondary N) is 1. The number of hydrogen-bond acceptors (Lipinski definition) is 2. The number of alkyl halides is 3. The Labute approximate surface area is 106 Å². The van der Waals surface area contributed by atoms with E-state index < -0.39 is 11.7 Å². The van der Waals surface area contributed by atoms with Crippen molar-refractivity contribution < 1.29 is 13.2 Å². The molecule has 0 amide bonds. The average molecular weight is 260 g/mol. The molecule has 1 N–H and O–H groups in total. The second-order valence-corrected chi connectivity index (χ2v) is 4.35. The van der Waals surface area contributed by atoms with Gasteiger partial charge >= 0.3 is 6.18 Å². The maximum Gasteiger partial charge on any atom is 0.416 e. The van der Waals surface area contributed by atoms with E-state index in [1.54, 1.807) is 12.1 Å². The van der Waals surface area contributed by atoms with E-state index in [0.717, 1.165) is 43.8 Å². The number of benzene rings is 1. The normalized spacial score (nSPS) is 12.1. The molecule has 2 nitrogen and oxygen atoms in total. The summed E-state index contributed by atoms with van der Waals surface area (Å²) in [7, 11) is 3.89. The van der Waals surface area contributed by atoms with E-state index in [-0.39, 0.29) is 0 Å². The molecule has 0 saturated carbocycles. The first-order valence-corrected chi connectivity index (χ1v) is 5.93. The minimum absolute atomic E-state index is 0.588. The molecular formula is C13H19F3N2. The predicted molar refractivity (Wildman–Crippen MR) is 66.6 cm³/mol. The van der Waals surface area contributed by atoms with Crippen LogP contribution in [0.25, 0.3) is 0 Å². The van der Waals surface area contributed by atoms with Crippen molar-refractivity contribution >= 4 is 0 Å². The standard InChI is InChI=1S/C13H19F3N2/c1-17-8-10-18(2)9-7-11-3-5-12(6-4-11)13(14,15)16/h3-6,17H,7-10H2,1-2H3. The van der Waals surface area contributed by atoms with Gasteiger partial charge in [-0.15, -0.1) is 0 Å². The van der Waals surface area contributed by atoms with Crippen LogP contribution in [0.2, 0.25) is 0 Å². The molecular weight excluding hydrogens is 241 g/mol. The Balaban J connectivity index is 2.44. The summed E-state index contributed by atoms with van der Waals surface area (Å²) in [6, 6.07) is 5.38. The Kier molecular flexibility index (Phi) is 5.62. The van der Waals surface area contributed by atoms with Gasteiger partial charge in [0.15, 0.2) is 0 Å². The van der Waals surface area contributed by atoms with Gasteiger partial charge in [-0.05, 0) is 38.2 Å². The molecule has 1 aromatic rings. The molecule has 0 aliphatic heterocycles. The molecule has 0 aliphatic carbocycles. The second kappa shape index (κ2) is 6.75. The molecule has 1 aromatic carbocycles. The Hall–Kier alpha value is -1.07. The van der Waals surface area contributed by atoms with E-state index in [0.29, 0.717) is 0 Å².